The lowest BCUT2D eigenvalue weighted by molar-refractivity contribution is -0.145. The van der Waals surface area contributed by atoms with Crippen LogP contribution in [0.1, 0.15) is 12.5 Å². The van der Waals surface area contributed by atoms with Gasteiger partial charge in [-0.15, -0.1) is 0 Å². The molecule has 7 nitrogen and oxygen atoms in total. The summed E-state index contributed by atoms with van der Waals surface area (Å²) < 4.78 is 16.1. The van der Waals surface area contributed by atoms with Crippen LogP contribution in [0.25, 0.3) is 0 Å². The van der Waals surface area contributed by atoms with E-state index in [1.807, 2.05) is 0 Å². The van der Waals surface area contributed by atoms with Crippen molar-refractivity contribution in [3.05, 3.63) is 22.2 Å². The SMILES string of the molecule is CCOC(=O)COc1c(Br)cc(C=NNC(N)=S)cc1OC. The Hall–Kier alpha value is -1.87. The smallest absolute Gasteiger partial charge is 0.344 e. The van der Waals surface area contributed by atoms with Crippen molar-refractivity contribution in [1.82, 2.24) is 5.43 Å². The number of nitrogens with one attached hydrogen (secondary N) is 1. The van der Waals surface area contributed by atoms with Gasteiger partial charge in [0.1, 0.15) is 0 Å². The molecule has 0 spiro atoms. The second-order valence-electron chi connectivity index (χ2n) is 3.86. The summed E-state index contributed by atoms with van der Waals surface area (Å²) in [6, 6.07) is 3.43. The Bertz CT molecular complexity index is 581. The van der Waals surface area contributed by atoms with Crippen LogP contribution in [0.15, 0.2) is 21.7 Å². The molecule has 0 fully saturated rings. The van der Waals surface area contributed by atoms with E-state index in [1.165, 1.54) is 13.3 Å². The Morgan fingerprint density at radius 3 is 2.86 bits per heavy atom. The van der Waals surface area contributed by atoms with Crippen molar-refractivity contribution >= 4 is 45.4 Å². The number of carbonyl (C=O) groups is 1. The largest absolute Gasteiger partial charge is 0.493 e. The van der Waals surface area contributed by atoms with Crippen LogP contribution in [0.4, 0.5) is 0 Å². The number of carbonyl (C=O) groups excluding carboxylic acids is 1. The third kappa shape index (κ3) is 5.86. The van der Waals surface area contributed by atoms with Gasteiger partial charge in [0, 0.05) is 0 Å². The molecule has 1 rings (SSSR count). The number of nitrogens with two attached hydrogens (primary N) is 1. The minimum absolute atomic E-state index is 0.0664. The van der Waals surface area contributed by atoms with E-state index in [0.29, 0.717) is 22.6 Å². The maximum Gasteiger partial charge on any atom is 0.344 e. The summed E-state index contributed by atoms with van der Waals surface area (Å²) in [4.78, 5) is 11.3. The van der Waals surface area contributed by atoms with E-state index in [9.17, 15) is 4.79 Å². The molecule has 0 unspecified atom stereocenters. The van der Waals surface area contributed by atoms with Gasteiger partial charge in [-0.1, -0.05) is 0 Å². The molecule has 0 aliphatic rings. The van der Waals surface area contributed by atoms with Crippen molar-refractivity contribution in [3.8, 4) is 11.5 Å². The van der Waals surface area contributed by atoms with Gasteiger partial charge in [0.25, 0.3) is 0 Å². The molecular formula is C13H16BrN3O4S. The van der Waals surface area contributed by atoms with Crippen LogP contribution in [-0.4, -0.2) is 37.6 Å². The second kappa shape index (κ2) is 9.21. The van der Waals surface area contributed by atoms with E-state index in [0.717, 1.165) is 5.56 Å². The van der Waals surface area contributed by atoms with E-state index in [-0.39, 0.29) is 11.7 Å². The standard InChI is InChI=1S/C13H16BrN3O4S/c1-3-20-11(18)7-21-12-9(14)4-8(5-10(12)19-2)6-16-17-13(15)22/h4-6H,3,7H2,1-2H3,(H3,15,17,22). The summed E-state index contributed by atoms with van der Waals surface area (Å²) in [5.41, 5.74) is 8.44. The highest BCUT2D eigenvalue weighted by atomic mass is 79.9. The first-order chi connectivity index (χ1) is 10.5. The van der Waals surface area contributed by atoms with E-state index >= 15 is 0 Å². The fraction of sp³-hybridized carbons (Fsp3) is 0.308. The molecule has 0 amide bonds. The summed E-state index contributed by atoms with van der Waals surface area (Å²) in [5.74, 6) is 0.383. The molecule has 0 aromatic heterocycles. The first kappa shape index (κ1) is 18.2. The Labute approximate surface area is 141 Å². The van der Waals surface area contributed by atoms with Gasteiger partial charge in [0.15, 0.2) is 23.2 Å². The van der Waals surface area contributed by atoms with Crippen molar-refractivity contribution < 1.29 is 19.0 Å². The lowest BCUT2D eigenvalue weighted by Crippen LogP contribution is -2.24. The van der Waals surface area contributed by atoms with Crippen LogP contribution in [0.5, 0.6) is 11.5 Å². The number of hydrazone groups is 1. The zero-order chi connectivity index (χ0) is 16.5. The van der Waals surface area contributed by atoms with Crippen molar-refractivity contribution in [2.75, 3.05) is 20.3 Å². The first-order valence-electron chi connectivity index (χ1n) is 6.22. The number of nitrogens with zero attached hydrogens (tertiary/aromatic N) is 1. The third-order valence-electron chi connectivity index (χ3n) is 2.28. The minimum atomic E-state index is -0.456. The molecule has 120 valence electrons. The number of hydrogen-bond donors (Lipinski definition) is 2. The zero-order valence-electron chi connectivity index (χ0n) is 12.1. The summed E-state index contributed by atoms with van der Waals surface area (Å²) in [6.45, 7) is 1.81. The molecule has 0 saturated heterocycles. The van der Waals surface area contributed by atoms with Crippen molar-refractivity contribution in [2.24, 2.45) is 10.8 Å². The topological polar surface area (TPSA) is 95.2 Å². The highest BCUT2D eigenvalue weighted by Crippen LogP contribution is 2.36. The first-order valence-corrected chi connectivity index (χ1v) is 7.42. The van der Waals surface area contributed by atoms with E-state index in [4.69, 9.17) is 19.9 Å². The predicted molar refractivity (Wildman–Crippen MR) is 90.3 cm³/mol. The van der Waals surface area contributed by atoms with Crippen LogP contribution in [0, 0.1) is 0 Å². The van der Waals surface area contributed by atoms with Crippen LogP contribution >= 0.6 is 28.1 Å². The lowest BCUT2D eigenvalue weighted by atomic mass is 10.2. The highest BCUT2D eigenvalue weighted by Gasteiger charge is 2.13. The number of benzene rings is 1. The summed E-state index contributed by atoms with van der Waals surface area (Å²) in [6.07, 6.45) is 1.52. The number of halogens is 1. The molecule has 0 radical (unpaired) electrons. The minimum Gasteiger partial charge on any atom is -0.493 e. The summed E-state index contributed by atoms with van der Waals surface area (Å²) in [5, 5.41) is 3.92. The van der Waals surface area contributed by atoms with Crippen molar-refractivity contribution in [1.29, 1.82) is 0 Å². The average Bonchev–Trinajstić information content (AvgIpc) is 2.45. The fourth-order valence-corrected chi connectivity index (χ4v) is 2.09. The van der Waals surface area contributed by atoms with Crippen molar-refractivity contribution in [3.63, 3.8) is 0 Å². The Kier molecular flexibility index (Phi) is 7.61. The number of thiocarbonyl (C=S) groups is 1. The molecule has 1 aromatic carbocycles. The maximum atomic E-state index is 11.3. The second-order valence-corrected chi connectivity index (χ2v) is 5.16. The van der Waals surface area contributed by atoms with Crippen LogP contribution in [-0.2, 0) is 9.53 Å². The predicted octanol–water partition coefficient (Wildman–Crippen LogP) is 1.57. The van der Waals surface area contributed by atoms with E-state index in [1.54, 1.807) is 19.1 Å². The fourth-order valence-electron chi connectivity index (χ4n) is 1.46. The van der Waals surface area contributed by atoms with Crippen LogP contribution in [0.3, 0.4) is 0 Å². The molecule has 0 atom stereocenters. The van der Waals surface area contributed by atoms with E-state index in [2.05, 4.69) is 38.7 Å². The lowest BCUT2D eigenvalue weighted by Gasteiger charge is -2.13. The number of methoxy groups -OCH3 is 1. The molecule has 0 bridgehead atoms. The highest BCUT2D eigenvalue weighted by molar-refractivity contribution is 9.10. The summed E-state index contributed by atoms with van der Waals surface area (Å²) in [7, 11) is 1.49. The Morgan fingerprint density at radius 1 is 1.55 bits per heavy atom. The van der Waals surface area contributed by atoms with Gasteiger partial charge in [-0.3, -0.25) is 5.43 Å². The van der Waals surface area contributed by atoms with Gasteiger partial charge in [-0.05, 0) is 52.8 Å². The average molecular weight is 390 g/mol. The number of rotatable bonds is 7. The monoisotopic (exact) mass is 389 g/mol. The van der Waals surface area contributed by atoms with Crippen LogP contribution < -0.4 is 20.6 Å². The van der Waals surface area contributed by atoms with Gasteiger partial charge in [-0.25, -0.2) is 4.79 Å². The van der Waals surface area contributed by atoms with Gasteiger partial charge < -0.3 is 19.9 Å². The molecule has 22 heavy (non-hydrogen) atoms. The molecule has 0 aliphatic carbocycles. The van der Waals surface area contributed by atoms with Gasteiger partial charge >= 0.3 is 5.97 Å². The van der Waals surface area contributed by atoms with Gasteiger partial charge in [0.2, 0.25) is 0 Å². The Balaban J connectivity index is 2.88. The maximum absolute atomic E-state index is 11.3. The van der Waals surface area contributed by atoms with Gasteiger partial charge in [-0.2, -0.15) is 5.10 Å². The summed E-state index contributed by atoms with van der Waals surface area (Å²) >= 11 is 8.00. The number of esters is 1. The van der Waals surface area contributed by atoms with E-state index < -0.39 is 5.97 Å². The molecule has 1 aromatic rings. The molecule has 9 heteroatoms. The molecular weight excluding hydrogens is 374 g/mol. The normalized spacial score (nSPS) is 10.3. The molecule has 3 N–H and O–H groups in total. The quantitative estimate of drug-likeness (QED) is 0.316. The third-order valence-corrected chi connectivity index (χ3v) is 2.96. The van der Waals surface area contributed by atoms with Gasteiger partial charge in [0.05, 0.1) is 24.4 Å². The Morgan fingerprint density at radius 2 is 2.27 bits per heavy atom. The zero-order valence-corrected chi connectivity index (χ0v) is 14.5. The number of ether oxygens (including phenoxy) is 3. The number of hydrogen-bond acceptors (Lipinski definition) is 6. The van der Waals surface area contributed by atoms with Crippen molar-refractivity contribution in [2.45, 2.75) is 6.92 Å². The van der Waals surface area contributed by atoms with Crippen LogP contribution in [0.2, 0.25) is 0 Å². The molecule has 0 saturated carbocycles. The molecule has 0 aliphatic heterocycles. The molecule has 0 heterocycles.